The molecule has 2 rings (SSSR count). The first-order valence-electron chi connectivity index (χ1n) is 6.54. The van der Waals surface area contributed by atoms with E-state index in [1.807, 2.05) is 18.2 Å². The first-order valence-corrected chi connectivity index (χ1v) is 6.54. The van der Waals surface area contributed by atoms with E-state index in [9.17, 15) is 0 Å². The van der Waals surface area contributed by atoms with Crippen molar-refractivity contribution in [1.29, 1.82) is 0 Å². The van der Waals surface area contributed by atoms with Crippen LogP contribution in [-0.4, -0.2) is 26.4 Å². The van der Waals surface area contributed by atoms with E-state index in [0.717, 1.165) is 43.1 Å². The fraction of sp³-hybridized carbons (Fsp3) is 0.571. The van der Waals surface area contributed by atoms with E-state index in [0.29, 0.717) is 6.10 Å². The van der Waals surface area contributed by atoms with Crippen LogP contribution < -0.4 is 15.8 Å². The van der Waals surface area contributed by atoms with E-state index in [1.165, 1.54) is 12.8 Å². The Hall–Kier alpha value is -1.26. The summed E-state index contributed by atoms with van der Waals surface area (Å²) in [5.74, 6) is 0.847. The van der Waals surface area contributed by atoms with Crippen molar-refractivity contribution >= 4 is 5.69 Å². The molecule has 1 saturated heterocycles. The normalized spacial score (nSPS) is 19.1. The molecule has 3 N–H and O–H groups in total. The van der Waals surface area contributed by atoms with Gasteiger partial charge in [0.15, 0.2) is 0 Å². The van der Waals surface area contributed by atoms with Crippen LogP contribution in [0.2, 0.25) is 0 Å². The van der Waals surface area contributed by atoms with Gasteiger partial charge >= 0.3 is 0 Å². The van der Waals surface area contributed by atoms with E-state index in [1.54, 1.807) is 7.11 Å². The fourth-order valence-electron chi connectivity index (χ4n) is 2.27. The Bertz CT molecular complexity index is 376. The molecular formula is C14H22N2O2. The van der Waals surface area contributed by atoms with Crippen LogP contribution in [-0.2, 0) is 11.3 Å². The van der Waals surface area contributed by atoms with Gasteiger partial charge in [0.05, 0.1) is 13.2 Å². The van der Waals surface area contributed by atoms with E-state index in [-0.39, 0.29) is 0 Å². The zero-order valence-electron chi connectivity index (χ0n) is 10.9. The van der Waals surface area contributed by atoms with Gasteiger partial charge in [-0.3, -0.25) is 0 Å². The lowest BCUT2D eigenvalue weighted by Gasteiger charge is -2.12. The maximum atomic E-state index is 5.72. The van der Waals surface area contributed by atoms with Crippen LogP contribution in [0.1, 0.15) is 24.8 Å². The number of methoxy groups -OCH3 is 1. The molecule has 1 fully saturated rings. The van der Waals surface area contributed by atoms with Crippen LogP contribution in [0.25, 0.3) is 0 Å². The number of nitrogens with two attached hydrogens (primary N) is 1. The number of benzene rings is 1. The van der Waals surface area contributed by atoms with E-state index in [4.69, 9.17) is 15.2 Å². The Morgan fingerprint density at radius 3 is 3.11 bits per heavy atom. The lowest BCUT2D eigenvalue weighted by atomic mass is 10.1. The highest BCUT2D eigenvalue weighted by Crippen LogP contribution is 2.21. The minimum Gasteiger partial charge on any atom is -0.496 e. The van der Waals surface area contributed by atoms with Gasteiger partial charge in [-0.05, 0) is 31.9 Å². The molecule has 0 bridgehead atoms. The average molecular weight is 250 g/mol. The molecule has 1 atom stereocenters. The molecule has 18 heavy (non-hydrogen) atoms. The molecule has 4 heteroatoms. The highest BCUT2D eigenvalue weighted by atomic mass is 16.5. The maximum absolute atomic E-state index is 5.72. The first kappa shape index (κ1) is 13.2. The summed E-state index contributed by atoms with van der Waals surface area (Å²) in [5, 5.41) is 3.42. The number of ether oxygens (including phenoxy) is 2. The van der Waals surface area contributed by atoms with Crippen molar-refractivity contribution in [2.45, 2.75) is 31.9 Å². The molecule has 1 heterocycles. The Labute approximate surface area is 108 Å². The summed E-state index contributed by atoms with van der Waals surface area (Å²) in [6.07, 6.45) is 3.94. The average Bonchev–Trinajstić information content (AvgIpc) is 2.89. The predicted molar refractivity (Wildman–Crippen MR) is 72.7 cm³/mol. The summed E-state index contributed by atoms with van der Waals surface area (Å²) in [6, 6.07) is 5.77. The summed E-state index contributed by atoms with van der Waals surface area (Å²) >= 11 is 0. The number of hydrogen-bond donors (Lipinski definition) is 2. The van der Waals surface area contributed by atoms with E-state index < -0.39 is 0 Å². The zero-order chi connectivity index (χ0) is 12.8. The highest BCUT2D eigenvalue weighted by Gasteiger charge is 2.14. The Morgan fingerprint density at radius 2 is 2.39 bits per heavy atom. The van der Waals surface area contributed by atoms with Gasteiger partial charge in [0.25, 0.3) is 0 Å². The fourth-order valence-corrected chi connectivity index (χ4v) is 2.27. The number of nitrogen functional groups attached to an aromatic ring is 1. The van der Waals surface area contributed by atoms with Gasteiger partial charge in [-0.15, -0.1) is 0 Å². The molecule has 0 amide bonds. The van der Waals surface area contributed by atoms with Crippen LogP contribution in [0.15, 0.2) is 18.2 Å². The van der Waals surface area contributed by atoms with Crippen LogP contribution in [0.4, 0.5) is 5.69 Å². The third-order valence-electron chi connectivity index (χ3n) is 3.29. The molecule has 1 aliphatic rings. The van der Waals surface area contributed by atoms with Gasteiger partial charge in [0.2, 0.25) is 0 Å². The number of hydrogen-bond acceptors (Lipinski definition) is 4. The molecule has 0 spiro atoms. The summed E-state index contributed by atoms with van der Waals surface area (Å²) in [7, 11) is 1.67. The third-order valence-corrected chi connectivity index (χ3v) is 3.29. The molecule has 1 aromatic rings. The third kappa shape index (κ3) is 3.62. The number of anilines is 1. The Kier molecular flexibility index (Phi) is 4.84. The van der Waals surface area contributed by atoms with Gasteiger partial charge in [-0.2, -0.15) is 0 Å². The quantitative estimate of drug-likeness (QED) is 0.598. The minimum atomic E-state index is 0.450. The van der Waals surface area contributed by atoms with Gasteiger partial charge in [0, 0.05) is 30.5 Å². The summed E-state index contributed by atoms with van der Waals surface area (Å²) < 4.78 is 10.9. The first-order chi connectivity index (χ1) is 8.79. The van der Waals surface area contributed by atoms with Gasteiger partial charge in [-0.25, -0.2) is 0 Å². The van der Waals surface area contributed by atoms with Crippen LogP contribution in [0, 0.1) is 0 Å². The molecular weight excluding hydrogens is 228 g/mol. The van der Waals surface area contributed by atoms with Crippen molar-refractivity contribution in [3.63, 3.8) is 0 Å². The van der Waals surface area contributed by atoms with Crippen molar-refractivity contribution in [2.75, 3.05) is 26.0 Å². The molecule has 1 aromatic carbocycles. The largest absolute Gasteiger partial charge is 0.496 e. The van der Waals surface area contributed by atoms with Crippen LogP contribution in [0.5, 0.6) is 5.75 Å². The molecule has 1 aliphatic heterocycles. The highest BCUT2D eigenvalue weighted by molar-refractivity contribution is 5.48. The Balaban J connectivity index is 1.75. The second-order valence-electron chi connectivity index (χ2n) is 4.67. The lowest BCUT2D eigenvalue weighted by Crippen LogP contribution is -2.20. The molecule has 0 aliphatic carbocycles. The maximum Gasteiger partial charge on any atom is 0.125 e. The monoisotopic (exact) mass is 250 g/mol. The summed E-state index contributed by atoms with van der Waals surface area (Å²) in [6.45, 7) is 2.70. The predicted octanol–water partition coefficient (Wildman–Crippen LogP) is 1.94. The van der Waals surface area contributed by atoms with Crippen LogP contribution in [0.3, 0.4) is 0 Å². The second kappa shape index (κ2) is 6.61. The molecule has 4 nitrogen and oxygen atoms in total. The molecule has 0 saturated carbocycles. The number of nitrogens with one attached hydrogen (secondary N) is 1. The van der Waals surface area contributed by atoms with Gasteiger partial charge in [0.1, 0.15) is 5.75 Å². The molecule has 100 valence electrons. The summed E-state index contributed by atoms with van der Waals surface area (Å²) in [5.41, 5.74) is 7.59. The second-order valence-corrected chi connectivity index (χ2v) is 4.67. The van der Waals surface area contributed by atoms with Crippen molar-refractivity contribution in [3.05, 3.63) is 23.8 Å². The van der Waals surface area contributed by atoms with Gasteiger partial charge < -0.3 is 20.5 Å². The Morgan fingerprint density at radius 1 is 1.50 bits per heavy atom. The number of rotatable bonds is 6. The van der Waals surface area contributed by atoms with Crippen molar-refractivity contribution in [2.24, 2.45) is 0 Å². The van der Waals surface area contributed by atoms with E-state index in [2.05, 4.69) is 5.32 Å². The van der Waals surface area contributed by atoms with Crippen LogP contribution >= 0.6 is 0 Å². The lowest BCUT2D eigenvalue weighted by molar-refractivity contribution is 0.104. The van der Waals surface area contributed by atoms with Crippen molar-refractivity contribution < 1.29 is 9.47 Å². The van der Waals surface area contributed by atoms with Crippen molar-refractivity contribution in [3.8, 4) is 5.75 Å². The zero-order valence-corrected chi connectivity index (χ0v) is 10.9. The van der Waals surface area contributed by atoms with E-state index >= 15 is 0 Å². The molecule has 0 radical (unpaired) electrons. The topological polar surface area (TPSA) is 56.5 Å². The van der Waals surface area contributed by atoms with Gasteiger partial charge in [-0.1, -0.05) is 6.07 Å². The smallest absolute Gasteiger partial charge is 0.125 e. The SMILES string of the molecule is COc1cc(N)ccc1CNCCC1CCCO1. The molecule has 0 aromatic heterocycles. The summed E-state index contributed by atoms with van der Waals surface area (Å²) in [4.78, 5) is 0. The minimum absolute atomic E-state index is 0.450. The standard InChI is InChI=1S/C14H22N2O2/c1-17-14-9-12(15)5-4-11(14)10-16-7-6-13-3-2-8-18-13/h4-5,9,13,16H,2-3,6-8,10,15H2,1H3. The van der Waals surface area contributed by atoms with Crippen molar-refractivity contribution in [1.82, 2.24) is 5.32 Å². The molecule has 1 unspecified atom stereocenters.